The fraction of sp³-hybridized carbons (Fsp3) is 0.167. The van der Waals surface area contributed by atoms with Crippen LogP contribution in [0.1, 0.15) is 16.2 Å². The number of hydrogen-bond donors (Lipinski definition) is 3. The van der Waals surface area contributed by atoms with Crippen molar-refractivity contribution >= 4 is 33.8 Å². The van der Waals surface area contributed by atoms with Crippen LogP contribution >= 0.6 is 12.2 Å². The van der Waals surface area contributed by atoms with E-state index in [-0.39, 0.29) is 22.7 Å². The van der Waals surface area contributed by atoms with Crippen LogP contribution in [0.15, 0.2) is 53.4 Å². The van der Waals surface area contributed by atoms with Gasteiger partial charge in [0.05, 0.1) is 10.6 Å². The molecule has 11 heteroatoms. The molecule has 29 heavy (non-hydrogen) atoms. The number of para-hydroxylation sites is 1. The van der Waals surface area contributed by atoms with Gasteiger partial charge in [-0.05, 0) is 42.5 Å². The predicted octanol–water partition coefficient (Wildman–Crippen LogP) is 2.39. The third-order valence-corrected chi connectivity index (χ3v) is 5.86. The highest BCUT2D eigenvalue weighted by Gasteiger charge is 2.18. The van der Waals surface area contributed by atoms with Gasteiger partial charge in [-0.3, -0.25) is 14.6 Å². The normalized spacial score (nSPS) is 11.2. The maximum Gasteiger partial charge on any atom is 0.262 e. The number of benzene rings is 2. The zero-order valence-corrected chi connectivity index (χ0v) is 17.0. The summed E-state index contributed by atoms with van der Waals surface area (Å²) in [5, 5.41) is 9.42. The van der Waals surface area contributed by atoms with Crippen molar-refractivity contribution in [1.29, 1.82) is 0 Å². The Morgan fingerprint density at radius 1 is 1.24 bits per heavy atom. The smallest absolute Gasteiger partial charge is 0.262 e. The molecule has 0 fully saturated rings. The molecule has 8 nitrogen and oxygen atoms in total. The van der Waals surface area contributed by atoms with Gasteiger partial charge in [-0.2, -0.15) is 5.10 Å². The molecule has 1 heterocycles. The number of halogens is 1. The topological polar surface area (TPSA) is 109 Å². The number of nitrogens with zero attached hydrogens (tertiary/aromatic N) is 2. The van der Waals surface area contributed by atoms with Gasteiger partial charge in [-0.1, -0.05) is 18.2 Å². The van der Waals surface area contributed by atoms with E-state index in [2.05, 4.69) is 20.2 Å². The highest BCUT2D eigenvalue weighted by atomic mass is 32.2. The van der Waals surface area contributed by atoms with Gasteiger partial charge in [0.25, 0.3) is 15.9 Å². The summed E-state index contributed by atoms with van der Waals surface area (Å²) in [7, 11) is -2.29. The third kappa shape index (κ3) is 4.87. The van der Waals surface area contributed by atoms with Gasteiger partial charge in [0, 0.05) is 25.6 Å². The molecule has 2 aromatic carbocycles. The minimum atomic E-state index is -4.06. The second-order valence-electron chi connectivity index (χ2n) is 6.12. The van der Waals surface area contributed by atoms with Crippen molar-refractivity contribution in [2.75, 3.05) is 11.3 Å². The van der Waals surface area contributed by atoms with Gasteiger partial charge < -0.3 is 9.88 Å². The average Bonchev–Trinajstić information content (AvgIpc) is 3.02. The van der Waals surface area contributed by atoms with E-state index in [1.165, 1.54) is 42.5 Å². The first-order valence-electron chi connectivity index (χ1n) is 8.54. The summed E-state index contributed by atoms with van der Waals surface area (Å²) in [5.41, 5.74) is -0.00731. The van der Waals surface area contributed by atoms with Gasteiger partial charge in [0.2, 0.25) is 0 Å². The minimum Gasteiger partial charge on any atom is -0.352 e. The molecule has 0 aliphatic rings. The quantitative estimate of drug-likeness (QED) is 0.494. The number of hydrogen-bond acceptors (Lipinski definition) is 5. The molecule has 0 saturated heterocycles. The molecule has 3 rings (SSSR count). The van der Waals surface area contributed by atoms with Crippen LogP contribution in [0.25, 0.3) is 0 Å². The van der Waals surface area contributed by atoms with E-state index in [9.17, 15) is 17.6 Å². The SMILES string of the molecule is Cn1c(CCNC(=O)c2cccc(S(=O)(=O)Nc3ccccc3F)c2)n[nH]c1=S. The zero-order chi connectivity index (χ0) is 21.0. The molecule has 1 amide bonds. The Hall–Kier alpha value is -3.05. The molecule has 0 bridgehead atoms. The first-order valence-corrected chi connectivity index (χ1v) is 10.4. The maximum absolute atomic E-state index is 13.7. The molecule has 3 aromatic rings. The largest absolute Gasteiger partial charge is 0.352 e. The van der Waals surface area contributed by atoms with Crippen molar-refractivity contribution in [2.45, 2.75) is 11.3 Å². The number of aromatic nitrogens is 3. The van der Waals surface area contributed by atoms with E-state index >= 15 is 0 Å². The van der Waals surface area contributed by atoms with Crippen LogP contribution in [-0.2, 0) is 23.5 Å². The first kappa shape index (κ1) is 20.7. The fourth-order valence-electron chi connectivity index (χ4n) is 2.55. The lowest BCUT2D eigenvalue weighted by Gasteiger charge is -2.10. The van der Waals surface area contributed by atoms with Crippen molar-refractivity contribution in [3.63, 3.8) is 0 Å². The Labute approximate surface area is 171 Å². The Morgan fingerprint density at radius 2 is 2.00 bits per heavy atom. The second kappa shape index (κ2) is 8.53. The van der Waals surface area contributed by atoms with Gasteiger partial charge in [-0.15, -0.1) is 0 Å². The van der Waals surface area contributed by atoms with E-state index in [4.69, 9.17) is 12.2 Å². The molecule has 0 aliphatic heterocycles. The molecule has 3 N–H and O–H groups in total. The van der Waals surface area contributed by atoms with Crippen molar-refractivity contribution in [2.24, 2.45) is 7.05 Å². The molecule has 0 saturated carbocycles. The summed E-state index contributed by atoms with van der Waals surface area (Å²) in [6.07, 6.45) is 0.447. The fourth-order valence-corrected chi connectivity index (χ4v) is 3.81. The van der Waals surface area contributed by atoms with Crippen LogP contribution in [0.2, 0.25) is 0 Å². The Morgan fingerprint density at radius 3 is 2.69 bits per heavy atom. The van der Waals surface area contributed by atoms with Gasteiger partial charge in [0.15, 0.2) is 4.77 Å². The molecule has 0 aliphatic carbocycles. The van der Waals surface area contributed by atoms with Gasteiger partial charge in [0.1, 0.15) is 11.6 Å². The highest BCUT2D eigenvalue weighted by molar-refractivity contribution is 7.92. The number of aromatic amines is 1. The van der Waals surface area contributed by atoms with Crippen LogP contribution in [0.5, 0.6) is 0 Å². The summed E-state index contributed by atoms with van der Waals surface area (Å²) < 4.78 is 43.2. The Bertz CT molecular complexity index is 1200. The number of carbonyl (C=O) groups excluding carboxylic acids is 1. The van der Waals surface area contributed by atoms with Gasteiger partial charge >= 0.3 is 0 Å². The van der Waals surface area contributed by atoms with Crippen molar-refractivity contribution in [1.82, 2.24) is 20.1 Å². The molecular weight excluding hydrogens is 417 g/mol. The summed E-state index contributed by atoms with van der Waals surface area (Å²) in [6, 6.07) is 10.9. The lowest BCUT2D eigenvalue weighted by molar-refractivity contribution is 0.0953. The molecule has 0 spiro atoms. The van der Waals surface area contributed by atoms with E-state index in [0.29, 0.717) is 17.0 Å². The van der Waals surface area contributed by atoms with E-state index in [1.54, 1.807) is 11.6 Å². The van der Waals surface area contributed by atoms with Crippen LogP contribution < -0.4 is 10.0 Å². The van der Waals surface area contributed by atoms with Crippen LogP contribution in [0.3, 0.4) is 0 Å². The molecule has 0 atom stereocenters. The second-order valence-corrected chi connectivity index (χ2v) is 8.19. The number of H-pyrrole nitrogens is 1. The van der Waals surface area contributed by atoms with Crippen LogP contribution in [0.4, 0.5) is 10.1 Å². The number of carbonyl (C=O) groups is 1. The van der Waals surface area contributed by atoms with E-state index < -0.39 is 21.7 Å². The van der Waals surface area contributed by atoms with E-state index in [1.807, 2.05) is 0 Å². The highest BCUT2D eigenvalue weighted by Crippen LogP contribution is 2.19. The predicted molar refractivity (Wildman–Crippen MR) is 108 cm³/mol. The Kier molecular flexibility index (Phi) is 6.09. The zero-order valence-electron chi connectivity index (χ0n) is 15.3. The molecule has 1 aromatic heterocycles. The minimum absolute atomic E-state index is 0.150. The van der Waals surface area contributed by atoms with Crippen LogP contribution in [-0.4, -0.2) is 35.6 Å². The molecule has 0 unspecified atom stereocenters. The lowest BCUT2D eigenvalue weighted by Crippen LogP contribution is -2.26. The average molecular weight is 436 g/mol. The monoisotopic (exact) mass is 435 g/mol. The van der Waals surface area contributed by atoms with E-state index in [0.717, 1.165) is 6.07 Å². The van der Waals surface area contributed by atoms with Crippen molar-refractivity contribution in [3.8, 4) is 0 Å². The van der Waals surface area contributed by atoms with Crippen molar-refractivity contribution < 1.29 is 17.6 Å². The summed E-state index contributed by atoms with van der Waals surface area (Å²) in [6.45, 7) is 0.288. The molecular formula is C18H18FN5O3S2. The third-order valence-electron chi connectivity index (χ3n) is 4.13. The first-order chi connectivity index (χ1) is 13.8. The maximum atomic E-state index is 13.7. The summed E-state index contributed by atoms with van der Waals surface area (Å²) in [5.74, 6) is -0.454. The lowest BCUT2D eigenvalue weighted by atomic mass is 10.2. The standard InChI is InChI=1S/C18H18FN5O3S2/c1-24-16(21-22-18(24)28)9-10-20-17(25)12-5-4-6-13(11-12)29(26,27)23-15-8-3-2-7-14(15)19/h2-8,11,23H,9-10H2,1H3,(H,20,25)(H,22,28). The number of amides is 1. The summed E-state index contributed by atoms with van der Waals surface area (Å²) >= 11 is 5.03. The number of nitrogens with one attached hydrogen (secondary N) is 3. The van der Waals surface area contributed by atoms with Gasteiger partial charge in [-0.25, -0.2) is 12.8 Å². The Balaban J connectivity index is 1.69. The summed E-state index contributed by atoms with van der Waals surface area (Å²) in [4.78, 5) is 12.2. The van der Waals surface area contributed by atoms with Crippen LogP contribution in [0, 0.1) is 10.6 Å². The molecule has 152 valence electrons. The van der Waals surface area contributed by atoms with Crippen molar-refractivity contribution in [3.05, 3.63) is 70.5 Å². The number of anilines is 1. The molecule has 0 radical (unpaired) electrons. The number of rotatable bonds is 7. The number of sulfonamides is 1.